The monoisotopic (exact) mass is 440 g/mol. The summed E-state index contributed by atoms with van der Waals surface area (Å²) in [5, 5.41) is 9.06. The van der Waals surface area contributed by atoms with Gasteiger partial charge < -0.3 is 20.1 Å². The Morgan fingerprint density at radius 2 is 1.75 bits per heavy atom. The van der Waals surface area contributed by atoms with Gasteiger partial charge in [-0.05, 0) is 55.7 Å². The molecule has 0 aliphatic rings. The second kappa shape index (κ2) is 12.9. The third-order valence-corrected chi connectivity index (χ3v) is 4.17. The van der Waals surface area contributed by atoms with Gasteiger partial charge in [0.2, 0.25) is 0 Å². The third-order valence-electron chi connectivity index (χ3n) is 4.17. The number of nitrogens with one attached hydrogen (secondary N) is 3. The first-order valence-corrected chi connectivity index (χ1v) is 10.1. The van der Waals surface area contributed by atoms with Crippen molar-refractivity contribution in [2.45, 2.75) is 20.3 Å². The first kappa shape index (κ1) is 24.5. The van der Waals surface area contributed by atoms with Gasteiger partial charge in [0.1, 0.15) is 5.75 Å². The van der Waals surface area contributed by atoms with E-state index in [1.807, 2.05) is 32.0 Å². The summed E-state index contributed by atoms with van der Waals surface area (Å²) >= 11 is 0. The van der Waals surface area contributed by atoms with Gasteiger partial charge in [0.25, 0.3) is 5.91 Å². The summed E-state index contributed by atoms with van der Waals surface area (Å²) < 4.78 is 10.5. The largest absolute Gasteiger partial charge is 0.483 e. The van der Waals surface area contributed by atoms with Crippen molar-refractivity contribution < 1.29 is 23.9 Å². The van der Waals surface area contributed by atoms with Gasteiger partial charge in [-0.3, -0.25) is 14.4 Å². The molecule has 2 rings (SSSR count). The van der Waals surface area contributed by atoms with E-state index in [0.717, 1.165) is 11.1 Å². The molecule has 2 aromatic carbocycles. The Kier molecular flexibility index (Phi) is 9.86. The van der Waals surface area contributed by atoms with E-state index in [-0.39, 0.29) is 12.5 Å². The minimum atomic E-state index is -0.884. The van der Waals surface area contributed by atoms with Crippen LogP contribution in [0, 0.1) is 13.8 Å². The lowest BCUT2D eigenvalue weighted by Crippen LogP contribution is -2.38. The number of rotatable bonds is 10. The zero-order valence-corrected chi connectivity index (χ0v) is 18.4. The number of para-hydroxylation sites is 1. The molecule has 0 aromatic heterocycles. The van der Waals surface area contributed by atoms with Gasteiger partial charge >= 0.3 is 11.8 Å². The number of ether oxygens (including phenoxy) is 2. The molecule has 0 aliphatic carbocycles. The van der Waals surface area contributed by atoms with Gasteiger partial charge in [-0.1, -0.05) is 18.2 Å². The summed E-state index contributed by atoms with van der Waals surface area (Å²) in [6, 6.07) is 12.7. The number of hydrogen-bond donors (Lipinski definition) is 3. The second-order valence-corrected chi connectivity index (χ2v) is 7.05. The zero-order valence-electron chi connectivity index (χ0n) is 18.4. The highest BCUT2D eigenvalue weighted by Gasteiger charge is 2.12. The van der Waals surface area contributed by atoms with Crippen LogP contribution in [-0.2, 0) is 19.1 Å². The Morgan fingerprint density at radius 3 is 2.47 bits per heavy atom. The van der Waals surface area contributed by atoms with Crippen LogP contribution in [0.4, 0.5) is 5.69 Å². The normalized spacial score (nSPS) is 10.6. The van der Waals surface area contributed by atoms with Crippen LogP contribution in [0.1, 0.15) is 23.1 Å². The van der Waals surface area contributed by atoms with Crippen molar-refractivity contribution >= 4 is 29.6 Å². The molecule has 170 valence electrons. The summed E-state index contributed by atoms with van der Waals surface area (Å²) in [7, 11) is 1.56. The predicted octanol–water partition coefficient (Wildman–Crippen LogP) is 1.92. The molecule has 9 heteroatoms. The van der Waals surface area contributed by atoms with Crippen LogP contribution in [0.5, 0.6) is 5.75 Å². The number of nitrogens with zero attached hydrogens (tertiary/aromatic N) is 1. The molecule has 32 heavy (non-hydrogen) atoms. The molecule has 3 amide bonds. The standard InChI is InChI=1S/C23H28N4O5/c1-16-11-17(2)13-19(12-16)26-21(28)15-32-20-8-5-4-7-18(20)14-25-27-23(30)22(29)24-9-6-10-31-3/h4-5,7-8,11-14H,6,9-10,15H2,1-3H3,(H,24,29)(H,26,28)(H,27,30)/b25-14-. The molecule has 3 N–H and O–H groups in total. The van der Waals surface area contributed by atoms with E-state index in [0.29, 0.717) is 36.6 Å². The number of methoxy groups -OCH3 is 1. The maximum Gasteiger partial charge on any atom is 0.329 e. The van der Waals surface area contributed by atoms with E-state index >= 15 is 0 Å². The number of carbonyl (C=O) groups is 3. The van der Waals surface area contributed by atoms with Crippen molar-refractivity contribution in [2.75, 3.05) is 32.2 Å². The van der Waals surface area contributed by atoms with Crippen molar-refractivity contribution in [2.24, 2.45) is 5.10 Å². The van der Waals surface area contributed by atoms with Crippen molar-refractivity contribution in [1.29, 1.82) is 0 Å². The van der Waals surface area contributed by atoms with E-state index in [1.54, 1.807) is 31.4 Å². The molecule has 0 spiro atoms. The van der Waals surface area contributed by atoms with Gasteiger partial charge in [0, 0.05) is 31.5 Å². The minimum Gasteiger partial charge on any atom is -0.483 e. The molecule has 0 atom stereocenters. The Bertz CT molecular complexity index is 954. The van der Waals surface area contributed by atoms with Crippen LogP contribution in [0.2, 0.25) is 0 Å². The van der Waals surface area contributed by atoms with E-state index in [9.17, 15) is 14.4 Å². The molecular weight excluding hydrogens is 412 g/mol. The topological polar surface area (TPSA) is 118 Å². The molecule has 9 nitrogen and oxygen atoms in total. The van der Waals surface area contributed by atoms with Gasteiger partial charge in [-0.2, -0.15) is 5.10 Å². The Labute approximate surface area is 187 Å². The lowest BCUT2D eigenvalue weighted by Gasteiger charge is -2.10. The second-order valence-electron chi connectivity index (χ2n) is 7.05. The van der Waals surface area contributed by atoms with Crippen LogP contribution in [0.3, 0.4) is 0 Å². The van der Waals surface area contributed by atoms with E-state index in [1.165, 1.54) is 6.21 Å². The van der Waals surface area contributed by atoms with Crippen LogP contribution in [0.25, 0.3) is 0 Å². The predicted molar refractivity (Wildman–Crippen MR) is 122 cm³/mol. The molecule has 0 aliphatic heterocycles. The highest BCUT2D eigenvalue weighted by molar-refractivity contribution is 6.35. The summed E-state index contributed by atoms with van der Waals surface area (Å²) in [4.78, 5) is 35.7. The lowest BCUT2D eigenvalue weighted by molar-refractivity contribution is -0.139. The molecule has 0 fully saturated rings. The van der Waals surface area contributed by atoms with Crippen molar-refractivity contribution in [3.05, 3.63) is 59.2 Å². The number of carbonyl (C=O) groups excluding carboxylic acids is 3. The molecule has 2 aromatic rings. The van der Waals surface area contributed by atoms with Gasteiger partial charge in [0.05, 0.1) is 6.21 Å². The Hall–Kier alpha value is -3.72. The highest BCUT2D eigenvalue weighted by Crippen LogP contribution is 2.17. The zero-order chi connectivity index (χ0) is 23.3. The summed E-state index contributed by atoms with van der Waals surface area (Å²) in [5.74, 6) is -1.57. The molecule has 0 bridgehead atoms. The average molecular weight is 441 g/mol. The van der Waals surface area contributed by atoms with Crippen molar-refractivity contribution in [3.8, 4) is 5.75 Å². The smallest absolute Gasteiger partial charge is 0.329 e. The number of hydrazone groups is 1. The summed E-state index contributed by atoms with van der Waals surface area (Å²) in [6.45, 7) is 4.52. The number of hydrogen-bond acceptors (Lipinski definition) is 6. The first-order chi connectivity index (χ1) is 15.4. The third kappa shape index (κ3) is 8.57. The molecular formula is C23H28N4O5. The molecule has 0 saturated heterocycles. The fourth-order valence-corrected chi connectivity index (χ4v) is 2.82. The van der Waals surface area contributed by atoms with Gasteiger partial charge in [-0.15, -0.1) is 0 Å². The highest BCUT2D eigenvalue weighted by atomic mass is 16.5. The van der Waals surface area contributed by atoms with E-state index in [4.69, 9.17) is 9.47 Å². The van der Waals surface area contributed by atoms with Crippen molar-refractivity contribution in [3.63, 3.8) is 0 Å². The first-order valence-electron chi connectivity index (χ1n) is 10.1. The van der Waals surface area contributed by atoms with Gasteiger partial charge in [0.15, 0.2) is 6.61 Å². The quantitative estimate of drug-likeness (QED) is 0.226. The fourth-order valence-electron chi connectivity index (χ4n) is 2.82. The molecule has 0 unspecified atom stereocenters. The van der Waals surface area contributed by atoms with E-state index < -0.39 is 11.8 Å². The maximum absolute atomic E-state index is 12.2. The minimum absolute atomic E-state index is 0.200. The van der Waals surface area contributed by atoms with Crippen LogP contribution in [0.15, 0.2) is 47.6 Å². The SMILES string of the molecule is COCCCNC(=O)C(=O)N/N=C\c1ccccc1OCC(=O)Nc1cc(C)cc(C)c1. The summed E-state index contributed by atoms with van der Waals surface area (Å²) in [6.07, 6.45) is 1.94. The lowest BCUT2D eigenvalue weighted by atomic mass is 10.1. The van der Waals surface area contributed by atoms with Gasteiger partial charge in [-0.25, -0.2) is 5.43 Å². The van der Waals surface area contributed by atoms with Crippen LogP contribution < -0.4 is 20.8 Å². The molecule has 0 radical (unpaired) electrons. The fraction of sp³-hybridized carbons (Fsp3) is 0.304. The van der Waals surface area contributed by atoms with E-state index in [2.05, 4.69) is 21.2 Å². The summed E-state index contributed by atoms with van der Waals surface area (Å²) in [5.41, 5.74) is 5.50. The number of anilines is 1. The molecule has 0 heterocycles. The molecule has 0 saturated carbocycles. The van der Waals surface area contributed by atoms with Crippen molar-refractivity contribution in [1.82, 2.24) is 10.7 Å². The average Bonchev–Trinajstić information content (AvgIpc) is 2.75. The Balaban J connectivity index is 1.87. The number of amides is 3. The maximum atomic E-state index is 12.2. The number of benzene rings is 2. The Morgan fingerprint density at radius 1 is 1.03 bits per heavy atom. The number of aryl methyl sites for hydroxylation is 2. The van der Waals surface area contributed by atoms with Crippen LogP contribution >= 0.6 is 0 Å². The van der Waals surface area contributed by atoms with Crippen LogP contribution in [-0.4, -0.2) is 50.8 Å².